The van der Waals surface area contributed by atoms with Crippen LogP contribution in [-0.4, -0.2) is 59.1 Å². The van der Waals surface area contributed by atoms with Crippen molar-refractivity contribution in [1.29, 1.82) is 0 Å². The van der Waals surface area contributed by atoms with Crippen molar-refractivity contribution in [1.82, 2.24) is 4.90 Å². The summed E-state index contributed by atoms with van der Waals surface area (Å²) in [4.78, 5) is 14.0. The molecule has 1 heterocycles. The maximum atomic E-state index is 11.8. The van der Waals surface area contributed by atoms with Crippen LogP contribution >= 0.6 is 0 Å². The zero-order valence-electron chi connectivity index (χ0n) is 14.1. The van der Waals surface area contributed by atoms with E-state index in [0.717, 1.165) is 25.3 Å². The maximum Gasteiger partial charge on any atom is 0.0793 e. The average molecular weight is 332 g/mol. The van der Waals surface area contributed by atoms with E-state index in [1.54, 1.807) is 0 Å². The number of aliphatic carboxylic acids is 1. The molecule has 1 fully saturated rings. The molecule has 4 nitrogen and oxygen atoms in total. The van der Waals surface area contributed by atoms with E-state index in [2.05, 4.69) is 22.3 Å². The molecular weight excluding hydrogens is 311 g/mol. The van der Waals surface area contributed by atoms with Gasteiger partial charge in [0.1, 0.15) is 0 Å². The molecule has 5 heteroatoms. The predicted octanol–water partition coefficient (Wildman–Crippen LogP) is 1.50. The van der Waals surface area contributed by atoms with E-state index in [0.29, 0.717) is 12.8 Å². The Balaban J connectivity index is 0.00000208. The predicted molar refractivity (Wildman–Crippen MR) is 94.5 cm³/mol. The van der Waals surface area contributed by atoms with E-state index in [4.69, 9.17) is 0 Å². The van der Waals surface area contributed by atoms with Crippen LogP contribution in [0.1, 0.15) is 18.4 Å². The first-order valence-corrected chi connectivity index (χ1v) is 7.99. The van der Waals surface area contributed by atoms with Gasteiger partial charge in [0.25, 0.3) is 0 Å². The van der Waals surface area contributed by atoms with Crippen molar-refractivity contribution in [2.24, 2.45) is 0 Å². The first kappa shape index (κ1) is 19.0. The molecule has 3 rings (SSSR count). The standard InChI is InChI=1S/C19H22N2O2.Na/c22-18(23)19(20-17-9-5-2-6-10-17)11-13-21(14-12-19)15-16-7-3-1-4-8-16;/h1-10,20H,11-15H2,(H,22,23);/p-1. The molecule has 0 spiro atoms. The second kappa shape index (κ2) is 8.67. The van der Waals surface area contributed by atoms with Crippen molar-refractivity contribution in [3.63, 3.8) is 0 Å². The molecule has 0 bridgehead atoms. The molecule has 1 N–H and O–H groups in total. The van der Waals surface area contributed by atoms with Crippen molar-refractivity contribution in [3.8, 4) is 0 Å². The summed E-state index contributed by atoms with van der Waals surface area (Å²) in [6.07, 6.45) is 1.08. The molecule has 2 aromatic carbocycles. The Morgan fingerprint density at radius 2 is 1.54 bits per heavy atom. The minimum Gasteiger partial charge on any atom is -0.548 e. The molecule has 1 saturated heterocycles. The van der Waals surface area contributed by atoms with Crippen LogP contribution in [-0.2, 0) is 11.3 Å². The maximum absolute atomic E-state index is 11.8. The van der Waals surface area contributed by atoms with Crippen LogP contribution in [0, 0.1) is 0 Å². The van der Waals surface area contributed by atoms with Gasteiger partial charge in [-0.05, 0) is 30.5 Å². The number of hydrogen-bond acceptors (Lipinski definition) is 4. The number of likely N-dealkylation sites (tertiary alicyclic amines) is 1. The second-order valence-corrected chi connectivity index (χ2v) is 6.12. The summed E-state index contributed by atoms with van der Waals surface area (Å²) in [5.41, 5.74) is 1.10. The van der Waals surface area contributed by atoms with Gasteiger partial charge in [-0.15, -0.1) is 0 Å². The topological polar surface area (TPSA) is 55.4 Å². The molecule has 2 aromatic rings. The number of nitrogens with one attached hydrogen (secondary N) is 1. The Kier molecular flexibility index (Phi) is 6.87. The van der Waals surface area contributed by atoms with Crippen LogP contribution in [0.5, 0.6) is 0 Å². The number of nitrogens with zero attached hydrogens (tertiary/aromatic N) is 1. The summed E-state index contributed by atoms with van der Waals surface area (Å²) in [6, 6.07) is 19.8. The van der Waals surface area contributed by atoms with Crippen LogP contribution in [0.25, 0.3) is 0 Å². The normalized spacial score (nSPS) is 16.8. The van der Waals surface area contributed by atoms with Gasteiger partial charge in [-0.1, -0.05) is 48.5 Å². The zero-order valence-corrected chi connectivity index (χ0v) is 16.1. The van der Waals surface area contributed by atoms with Gasteiger partial charge >= 0.3 is 0 Å². The summed E-state index contributed by atoms with van der Waals surface area (Å²) in [5, 5.41) is 14.9. The van der Waals surface area contributed by atoms with Gasteiger partial charge in [0.2, 0.25) is 0 Å². The van der Waals surface area contributed by atoms with E-state index in [-0.39, 0.29) is 29.6 Å². The third kappa shape index (κ3) is 4.61. The minimum atomic E-state index is -1.01. The molecule has 0 aliphatic carbocycles. The van der Waals surface area contributed by atoms with Gasteiger partial charge in [0.05, 0.1) is 11.5 Å². The molecule has 0 amide bonds. The summed E-state index contributed by atoms with van der Waals surface area (Å²) >= 11 is 0. The third-order valence-corrected chi connectivity index (χ3v) is 4.51. The number of para-hydroxylation sites is 1. The van der Waals surface area contributed by atoms with Crippen LogP contribution in [0.3, 0.4) is 0 Å². The number of rotatable bonds is 5. The number of anilines is 1. The monoisotopic (exact) mass is 332 g/mol. The summed E-state index contributed by atoms with van der Waals surface area (Å²) in [7, 11) is 0. The van der Waals surface area contributed by atoms with Crippen LogP contribution in [0.4, 0.5) is 5.69 Å². The third-order valence-electron chi connectivity index (χ3n) is 4.51. The van der Waals surface area contributed by atoms with Crippen molar-refractivity contribution in [2.75, 3.05) is 18.4 Å². The SMILES string of the molecule is O=C([O-])C1(Nc2ccccc2)CCN(Cc2ccccc2)CC1.[Na]. The molecule has 1 aliphatic rings. The number of hydrogen-bond donors (Lipinski definition) is 1. The largest absolute Gasteiger partial charge is 0.548 e. The van der Waals surface area contributed by atoms with Crippen LogP contribution in [0.2, 0.25) is 0 Å². The molecular formula is C19H21N2NaO2-. The molecule has 24 heavy (non-hydrogen) atoms. The van der Waals surface area contributed by atoms with Gasteiger partial charge < -0.3 is 15.2 Å². The average Bonchev–Trinajstić information content (AvgIpc) is 2.58. The zero-order chi connectivity index (χ0) is 16.1. The molecule has 1 radical (unpaired) electrons. The van der Waals surface area contributed by atoms with Gasteiger partial charge in [-0.3, -0.25) is 4.90 Å². The van der Waals surface area contributed by atoms with Gasteiger partial charge in [-0.25, -0.2) is 0 Å². The fraction of sp³-hybridized carbons (Fsp3) is 0.316. The van der Waals surface area contributed by atoms with Crippen molar-refractivity contribution >= 4 is 41.2 Å². The number of benzene rings is 2. The number of carbonyl (C=O) groups is 1. The Bertz CT molecular complexity index is 641. The van der Waals surface area contributed by atoms with Crippen molar-refractivity contribution < 1.29 is 9.90 Å². The number of carboxylic acids is 1. The van der Waals surface area contributed by atoms with Gasteiger partial charge in [0, 0.05) is 54.9 Å². The summed E-state index contributed by atoms with van der Waals surface area (Å²) in [6.45, 7) is 2.33. The number of carbonyl (C=O) groups excluding carboxylic acids is 1. The van der Waals surface area contributed by atoms with E-state index < -0.39 is 11.5 Å². The molecule has 0 atom stereocenters. The Morgan fingerprint density at radius 3 is 2.08 bits per heavy atom. The first-order chi connectivity index (χ1) is 11.2. The molecule has 0 saturated carbocycles. The minimum absolute atomic E-state index is 0. The second-order valence-electron chi connectivity index (χ2n) is 6.12. The fourth-order valence-electron chi connectivity index (χ4n) is 3.11. The van der Waals surface area contributed by atoms with E-state index in [1.807, 2.05) is 48.5 Å². The van der Waals surface area contributed by atoms with E-state index >= 15 is 0 Å². The smallest absolute Gasteiger partial charge is 0.0793 e. The molecule has 121 valence electrons. The Labute approximate surface area is 165 Å². The van der Waals surface area contributed by atoms with Crippen molar-refractivity contribution in [3.05, 3.63) is 66.2 Å². The fourth-order valence-corrected chi connectivity index (χ4v) is 3.11. The molecule has 0 aromatic heterocycles. The molecule has 0 unspecified atom stereocenters. The Hall–Kier alpha value is -1.33. The van der Waals surface area contributed by atoms with Gasteiger partial charge in [-0.2, -0.15) is 0 Å². The van der Waals surface area contributed by atoms with E-state index in [1.165, 1.54) is 5.56 Å². The number of carboxylic acid groups (broad SMARTS) is 1. The molecule has 1 aliphatic heterocycles. The number of piperidine rings is 1. The Morgan fingerprint density at radius 1 is 1.00 bits per heavy atom. The van der Waals surface area contributed by atoms with Gasteiger partial charge in [0.15, 0.2) is 0 Å². The van der Waals surface area contributed by atoms with Crippen LogP contribution in [0.15, 0.2) is 60.7 Å². The first-order valence-electron chi connectivity index (χ1n) is 7.99. The summed E-state index contributed by atoms with van der Waals surface area (Å²) in [5.74, 6) is -1.01. The van der Waals surface area contributed by atoms with E-state index in [9.17, 15) is 9.90 Å². The van der Waals surface area contributed by atoms with Crippen molar-refractivity contribution in [2.45, 2.75) is 24.9 Å². The van der Waals surface area contributed by atoms with Crippen LogP contribution < -0.4 is 10.4 Å². The quantitative estimate of drug-likeness (QED) is 0.843. The summed E-state index contributed by atoms with van der Waals surface area (Å²) < 4.78 is 0.